The molecule has 122 valence electrons. The van der Waals surface area contributed by atoms with Gasteiger partial charge in [0.1, 0.15) is 5.82 Å². The van der Waals surface area contributed by atoms with Crippen LogP contribution >= 0.6 is 11.6 Å². The van der Waals surface area contributed by atoms with E-state index in [0.29, 0.717) is 6.54 Å². The monoisotopic (exact) mass is 332 g/mol. The highest BCUT2D eigenvalue weighted by atomic mass is 35.5. The highest BCUT2D eigenvalue weighted by molar-refractivity contribution is 6.30. The maximum absolute atomic E-state index is 13.1. The number of anilines is 1. The summed E-state index contributed by atoms with van der Waals surface area (Å²) in [6.07, 6.45) is 3.94. The van der Waals surface area contributed by atoms with Crippen molar-refractivity contribution >= 4 is 17.3 Å². The van der Waals surface area contributed by atoms with E-state index < -0.39 is 0 Å². The van der Waals surface area contributed by atoms with Crippen molar-refractivity contribution in [1.29, 1.82) is 0 Å². The summed E-state index contributed by atoms with van der Waals surface area (Å²) in [5.74, 6) is -0.372. The van der Waals surface area contributed by atoms with E-state index in [1.807, 2.05) is 0 Å². The molecule has 0 amide bonds. The van der Waals surface area contributed by atoms with Crippen molar-refractivity contribution in [1.82, 2.24) is 5.32 Å². The van der Waals surface area contributed by atoms with Crippen LogP contribution in [0.25, 0.3) is 0 Å². The summed E-state index contributed by atoms with van der Waals surface area (Å²) in [5, 5.41) is 3.55. The molecule has 0 bridgehead atoms. The van der Waals surface area contributed by atoms with Crippen molar-refractivity contribution in [3.8, 4) is 0 Å². The molecule has 2 aromatic rings. The van der Waals surface area contributed by atoms with E-state index in [4.69, 9.17) is 11.6 Å². The van der Waals surface area contributed by atoms with E-state index in [1.54, 1.807) is 12.1 Å². The first-order valence-electron chi connectivity index (χ1n) is 8.21. The molecule has 1 heterocycles. The largest absolute Gasteiger partial charge is 0.372 e. The minimum atomic E-state index is -0.372. The van der Waals surface area contributed by atoms with Crippen molar-refractivity contribution < 1.29 is 4.39 Å². The van der Waals surface area contributed by atoms with Gasteiger partial charge >= 0.3 is 0 Å². The van der Waals surface area contributed by atoms with Gasteiger partial charge in [-0.05, 0) is 54.7 Å². The number of rotatable bonds is 5. The Labute approximate surface area is 142 Å². The van der Waals surface area contributed by atoms with Crippen LogP contribution in [-0.2, 0) is 13.1 Å². The maximum Gasteiger partial charge on any atom is 0.141 e. The molecule has 2 aromatic carbocycles. The third-order valence-corrected chi connectivity index (χ3v) is 4.59. The Morgan fingerprint density at radius 1 is 0.913 bits per heavy atom. The van der Waals surface area contributed by atoms with Gasteiger partial charge in [0.2, 0.25) is 0 Å². The van der Waals surface area contributed by atoms with Gasteiger partial charge in [-0.2, -0.15) is 0 Å². The molecule has 0 radical (unpaired) electrons. The Morgan fingerprint density at radius 3 is 2.26 bits per heavy atom. The molecule has 0 spiro atoms. The smallest absolute Gasteiger partial charge is 0.141 e. The summed E-state index contributed by atoms with van der Waals surface area (Å²) in [6, 6.07) is 13.6. The van der Waals surface area contributed by atoms with Crippen molar-refractivity contribution in [2.24, 2.45) is 0 Å². The number of halogens is 2. The minimum absolute atomic E-state index is 0.176. The summed E-state index contributed by atoms with van der Waals surface area (Å²) in [7, 11) is 0. The lowest BCUT2D eigenvalue weighted by Gasteiger charge is -2.28. The van der Waals surface area contributed by atoms with Crippen LogP contribution < -0.4 is 10.2 Å². The Bertz CT molecular complexity index is 636. The molecule has 4 heteroatoms. The SMILES string of the molecule is Fc1ccc(CNCc2ccc(N3CCCCC3)cc2)cc1Cl. The lowest BCUT2D eigenvalue weighted by atomic mass is 10.1. The van der Waals surface area contributed by atoms with Crippen molar-refractivity contribution in [2.45, 2.75) is 32.4 Å². The Kier molecular flexibility index (Phi) is 5.52. The highest BCUT2D eigenvalue weighted by Crippen LogP contribution is 2.20. The van der Waals surface area contributed by atoms with Gasteiger partial charge in [-0.25, -0.2) is 4.39 Å². The third kappa shape index (κ3) is 4.46. The fourth-order valence-corrected chi connectivity index (χ4v) is 3.18. The van der Waals surface area contributed by atoms with Gasteiger partial charge in [0.25, 0.3) is 0 Å². The maximum atomic E-state index is 13.1. The standard InChI is InChI=1S/C19H22ClFN2/c20-18-12-16(6-9-19(18)21)14-22-13-15-4-7-17(8-5-15)23-10-2-1-3-11-23/h4-9,12,22H,1-3,10-11,13-14H2. The van der Waals surface area contributed by atoms with E-state index in [9.17, 15) is 4.39 Å². The van der Waals surface area contributed by atoms with Gasteiger partial charge in [0.15, 0.2) is 0 Å². The summed E-state index contributed by atoms with van der Waals surface area (Å²) in [5.41, 5.74) is 3.55. The molecule has 0 saturated carbocycles. The molecule has 23 heavy (non-hydrogen) atoms. The quantitative estimate of drug-likeness (QED) is 0.849. The third-order valence-electron chi connectivity index (χ3n) is 4.30. The van der Waals surface area contributed by atoms with Crippen LogP contribution in [0.1, 0.15) is 30.4 Å². The molecule has 1 aliphatic heterocycles. The van der Waals surface area contributed by atoms with Crippen LogP contribution in [0.5, 0.6) is 0 Å². The van der Waals surface area contributed by atoms with Crippen molar-refractivity contribution in [2.75, 3.05) is 18.0 Å². The Balaban J connectivity index is 1.51. The van der Waals surface area contributed by atoms with E-state index >= 15 is 0 Å². The molecule has 1 fully saturated rings. The summed E-state index contributed by atoms with van der Waals surface area (Å²) >= 11 is 5.79. The first-order valence-corrected chi connectivity index (χ1v) is 8.59. The summed E-state index contributed by atoms with van der Waals surface area (Å²) < 4.78 is 13.1. The van der Waals surface area contributed by atoms with Crippen LogP contribution in [0.15, 0.2) is 42.5 Å². The van der Waals surface area contributed by atoms with E-state index in [-0.39, 0.29) is 10.8 Å². The average molecular weight is 333 g/mol. The molecule has 0 aliphatic carbocycles. The Morgan fingerprint density at radius 2 is 1.57 bits per heavy atom. The van der Waals surface area contributed by atoms with Crippen LogP contribution in [0.2, 0.25) is 5.02 Å². The predicted octanol–water partition coefficient (Wildman–Crippen LogP) is 4.76. The average Bonchev–Trinajstić information content (AvgIpc) is 2.59. The fourth-order valence-electron chi connectivity index (χ4n) is 2.98. The molecule has 0 aromatic heterocycles. The number of nitrogens with one attached hydrogen (secondary N) is 1. The van der Waals surface area contributed by atoms with Gasteiger partial charge in [-0.1, -0.05) is 29.8 Å². The zero-order valence-corrected chi connectivity index (χ0v) is 14.0. The molecule has 0 unspecified atom stereocenters. The first-order chi connectivity index (χ1) is 11.2. The van der Waals surface area contributed by atoms with Crippen LogP contribution in [0.3, 0.4) is 0 Å². The topological polar surface area (TPSA) is 15.3 Å². The number of hydrogen-bond acceptors (Lipinski definition) is 2. The summed E-state index contributed by atoms with van der Waals surface area (Å²) in [4.78, 5) is 2.46. The molecular formula is C19H22ClFN2. The number of hydrogen-bond donors (Lipinski definition) is 1. The van der Waals surface area contributed by atoms with Crippen LogP contribution in [0.4, 0.5) is 10.1 Å². The van der Waals surface area contributed by atoms with Crippen LogP contribution in [0, 0.1) is 5.82 Å². The second-order valence-electron chi connectivity index (χ2n) is 6.07. The molecule has 1 aliphatic rings. The summed E-state index contributed by atoms with van der Waals surface area (Å²) in [6.45, 7) is 3.80. The van der Waals surface area contributed by atoms with Crippen molar-refractivity contribution in [3.63, 3.8) is 0 Å². The van der Waals surface area contributed by atoms with Crippen LogP contribution in [-0.4, -0.2) is 13.1 Å². The molecule has 3 rings (SSSR count). The zero-order valence-electron chi connectivity index (χ0n) is 13.2. The lowest BCUT2D eigenvalue weighted by molar-refractivity contribution is 0.578. The van der Waals surface area contributed by atoms with Gasteiger partial charge in [0, 0.05) is 31.9 Å². The van der Waals surface area contributed by atoms with Crippen molar-refractivity contribution in [3.05, 3.63) is 64.4 Å². The molecular weight excluding hydrogens is 311 g/mol. The number of nitrogens with zero attached hydrogens (tertiary/aromatic N) is 1. The normalized spacial score (nSPS) is 15.0. The molecule has 2 nitrogen and oxygen atoms in total. The van der Waals surface area contributed by atoms with Gasteiger partial charge in [-0.15, -0.1) is 0 Å². The number of piperidine rings is 1. The van der Waals surface area contributed by atoms with E-state index in [0.717, 1.165) is 12.1 Å². The molecule has 0 atom stereocenters. The van der Waals surface area contributed by atoms with Gasteiger partial charge in [-0.3, -0.25) is 0 Å². The lowest BCUT2D eigenvalue weighted by Crippen LogP contribution is -2.29. The highest BCUT2D eigenvalue weighted by Gasteiger charge is 2.10. The second kappa shape index (κ2) is 7.80. The van der Waals surface area contributed by atoms with E-state index in [2.05, 4.69) is 34.5 Å². The fraction of sp³-hybridized carbons (Fsp3) is 0.368. The minimum Gasteiger partial charge on any atom is -0.372 e. The van der Waals surface area contributed by atoms with E-state index in [1.165, 1.54) is 49.7 Å². The predicted molar refractivity (Wildman–Crippen MR) is 94.5 cm³/mol. The van der Waals surface area contributed by atoms with Gasteiger partial charge < -0.3 is 10.2 Å². The van der Waals surface area contributed by atoms with Gasteiger partial charge in [0.05, 0.1) is 5.02 Å². The number of benzene rings is 2. The molecule has 1 saturated heterocycles. The second-order valence-corrected chi connectivity index (χ2v) is 6.47. The first kappa shape index (κ1) is 16.3. The molecule has 1 N–H and O–H groups in total. The Hall–Kier alpha value is -1.58. The zero-order chi connectivity index (χ0) is 16.1.